The van der Waals surface area contributed by atoms with Crippen LogP contribution in [0.1, 0.15) is 16.1 Å². The summed E-state index contributed by atoms with van der Waals surface area (Å²) >= 11 is 0. The van der Waals surface area contributed by atoms with E-state index in [1.807, 2.05) is 48.5 Å². The van der Waals surface area contributed by atoms with E-state index in [2.05, 4.69) is 5.32 Å². The molecule has 1 atom stereocenters. The third kappa shape index (κ3) is 2.17. The SMILES string of the molecule is CNC(=O)C1Cc2ccccc2N1C(=O)c1cc2ccccc2o1. The van der Waals surface area contributed by atoms with Crippen LogP contribution in [0.15, 0.2) is 59.0 Å². The van der Waals surface area contributed by atoms with Gasteiger partial charge in [0.1, 0.15) is 11.6 Å². The van der Waals surface area contributed by atoms with Crippen molar-refractivity contribution in [1.82, 2.24) is 5.32 Å². The lowest BCUT2D eigenvalue weighted by Crippen LogP contribution is -2.47. The maximum atomic E-state index is 13.1. The third-order valence-electron chi connectivity index (χ3n) is 4.38. The highest BCUT2D eigenvalue weighted by Gasteiger charge is 2.39. The van der Waals surface area contributed by atoms with Crippen LogP contribution in [0.25, 0.3) is 11.0 Å². The van der Waals surface area contributed by atoms with E-state index < -0.39 is 6.04 Å². The minimum absolute atomic E-state index is 0.185. The summed E-state index contributed by atoms with van der Waals surface area (Å²) in [5.41, 5.74) is 2.40. The molecule has 0 radical (unpaired) electrons. The number of amides is 2. The average molecular weight is 320 g/mol. The highest BCUT2D eigenvalue weighted by Crippen LogP contribution is 2.34. The molecule has 2 amide bonds. The molecule has 5 heteroatoms. The number of nitrogens with one attached hydrogen (secondary N) is 1. The molecule has 2 aromatic carbocycles. The van der Waals surface area contributed by atoms with Crippen molar-refractivity contribution in [2.24, 2.45) is 0 Å². The number of carbonyl (C=O) groups is 2. The van der Waals surface area contributed by atoms with Gasteiger partial charge in [-0.25, -0.2) is 0 Å². The smallest absolute Gasteiger partial charge is 0.294 e. The zero-order valence-electron chi connectivity index (χ0n) is 13.2. The van der Waals surface area contributed by atoms with Gasteiger partial charge in [0.25, 0.3) is 5.91 Å². The number of likely N-dealkylation sites (N-methyl/N-ethyl adjacent to an activating group) is 1. The summed E-state index contributed by atoms with van der Waals surface area (Å²) in [6.07, 6.45) is 0.502. The van der Waals surface area contributed by atoms with Gasteiger partial charge in [-0.3, -0.25) is 14.5 Å². The first-order valence-corrected chi connectivity index (χ1v) is 7.80. The van der Waals surface area contributed by atoms with E-state index in [9.17, 15) is 9.59 Å². The molecule has 1 N–H and O–H groups in total. The Kier molecular flexibility index (Phi) is 3.34. The van der Waals surface area contributed by atoms with Gasteiger partial charge in [-0.15, -0.1) is 0 Å². The Morgan fingerprint density at radius 2 is 1.88 bits per heavy atom. The minimum Gasteiger partial charge on any atom is -0.451 e. The van der Waals surface area contributed by atoms with Gasteiger partial charge in [-0.1, -0.05) is 36.4 Å². The zero-order valence-corrected chi connectivity index (χ0v) is 13.2. The number of anilines is 1. The Labute approximate surface area is 138 Å². The van der Waals surface area contributed by atoms with Gasteiger partial charge in [0, 0.05) is 24.5 Å². The molecule has 1 aliphatic heterocycles. The number of fused-ring (bicyclic) bond motifs is 2. The Bertz CT molecular complexity index is 911. The zero-order chi connectivity index (χ0) is 16.7. The van der Waals surface area contributed by atoms with E-state index >= 15 is 0 Å². The summed E-state index contributed by atoms with van der Waals surface area (Å²) in [5.74, 6) is -0.248. The Morgan fingerprint density at radius 3 is 2.67 bits per heavy atom. The molecule has 1 unspecified atom stereocenters. The van der Waals surface area contributed by atoms with Gasteiger partial charge < -0.3 is 9.73 Å². The number of carbonyl (C=O) groups excluding carboxylic acids is 2. The first-order chi connectivity index (χ1) is 11.7. The molecule has 120 valence electrons. The van der Waals surface area contributed by atoms with Crippen molar-refractivity contribution in [3.63, 3.8) is 0 Å². The fraction of sp³-hybridized carbons (Fsp3) is 0.158. The van der Waals surface area contributed by atoms with Gasteiger partial charge in [0.05, 0.1) is 0 Å². The van der Waals surface area contributed by atoms with Crippen molar-refractivity contribution < 1.29 is 14.0 Å². The Hall–Kier alpha value is -3.08. The lowest BCUT2D eigenvalue weighted by atomic mass is 10.1. The number of rotatable bonds is 2. The number of furan rings is 1. The van der Waals surface area contributed by atoms with Crippen LogP contribution in [0.3, 0.4) is 0 Å². The molecule has 0 bridgehead atoms. The maximum absolute atomic E-state index is 13.1. The number of hydrogen-bond acceptors (Lipinski definition) is 3. The summed E-state index contributed by atoms with van der Waals surface area (Å²) in [7, 11) is 1.58. The average Bonchev–Trinajstić information content (AvgIpc) is 3.21. The predicted molar refractivity (Wildman–Crippen MR) is 91.0 cm³/mol. The van der Waals surface area contributed by atoms with Crippen LogP contribution in [0.5, 0.6) is 0 Å². The number of benzene rings is 2. The normalized spacial score (nSPS) is 16.2. The van der Waals surface area contributed by atoms with Gasteiger partial charge in [0.2, 0.25) is 5.91 Å². The van der Waals surface area contributed by atoms with E-state index in [0.29, 0.717) is 12.0 Å². The molecule has 0 aliphatic carbocycles. The molecule has 0 saturated heterocycles. The molecule has 1 aliphatic rings. The first-order valence-electron chi connectivity index (χ1n) is 7.80. The van der Waals surface area contributed by atoms with Gasteiger partial charge in [-0.05, 0) is 23.8 Å². The minimum atomic E-state index is -0.562. The summed E-state index contributed by atoms with van der Waals surface area (Å²) in [6, 6.07) is 16.2. The summed E-state index contributed by atoms with van der Waals surface area (Å²) in [5, 5.41) is 3.51. The second-order valence-electron chi connectivity index (χ2n) is 5.79. The second-order valence-corrected chi connectivity index (χ2v) is 5.79. The van der Waals surface area contributed by atoms with Crippen LogP contribution >= 0.6 is 0 Å². The van der Waals surface area contributed by atoms with Gasteiger partial charge in [0.15, 0.2) is 5.76 Å². The summed E-state index contributed by atoms with van der Waals surface area (Å²) in [6.45, 7) is 0. The van der Waals surface area contributed by atoms with Crippen molar-refractivity contribution in [2.45, 2.75) is 12.5 Å². The Balaban J connectivity index is 1.79. The molecule has 3 aromatic rings. The first kappa shape index (κ1) is 14.5. The molecule has 1 aromatic heterocycles. The molecule has 2 heterocycles. The molecule has 0 fully saturated rings. The summed E-state index contributed by atoms with van der Waals surface area (Å²) < 4.78 is 5.70. The summed E-state index contributed by atoms with van der Waals surface area (Å²) in [4.78, 5) is 26.9. The lowest BCUT2D eigenvalue weighted by molar-refractivity contribution is -0.121. The molecular formula is C19H16N2O3. The predicted octanol–water partition coefficient (Wildman–Crippen LogP) is 2.75. The molecule has 24 heavy (non-hydrogen) atoms. The van der Waals surface area contributed by atoms with Crippen LogP contribution in [-0.4, -0.2) is 24.9 Å². The van der Waals surface area contributed by atoms with Crippen LogP contribution in [0, 0.1) is 0 Å². The van der Waals surface area contributed by atoms with Crippen molar-refractivity contribution in [2.75, 3.05) is 11.9 Å². The fourth-order valence-corrected chi connectivity index (χ4v) is 3.22. The highest BCUT2D eigenvalue weighted by atomic mass is 16.3. The van der Waals surface area contributed by atoms with Crippen LogP contribution < -0.4 is 10.2 Å². The van der Waals surface area contributed by atoms with Crippen LogP contribution in [-0.2, 0) is 11.2 Å². The van der Waals surface area contributed by atoms with Crippen molar-refractivity contribution in [1.29, 1.82) is 0 Å². The van der Waals surface area contributed by atoms with Gasteiger partial charge in [-0.2, -0.15) is 0 Å². The maximum Gasteiger partial charge on any atom is 0.294 e. The molecular weight excluding hydrogens is 304 g/mol. The Morgan fingerprint density at radius 1 is 1.12 bits per heavy atom. The third-order valence-corrected chi connectivity index (χ3v) is 4.38. The second kappa shape index (κ2) is 5.53. The van der Waals surface area contributed by atoms with Gasteiger partial charge >= 0.3 is 0 Å². The van der Waals surface area contributed by atoms with E-state index in [-0.39, 0.29) is 17.6 Å². The topological polar surface area (TPSA) is 62.6 Å². The van der Waals surface area contributed by atoms with E-state index in [4.69, 9.17) is 4.42 Å². The number of nitrogens with zero attached hydrogens (tertiary/aromatic N) is 1. The molecule has 0 saturated carbocycles. The quantitative estimate of drug-likeness (QED) is 0.790. The van der Waals surface area contributed by atoms with Crippen LogP contribution in [0.4, 0.5) is 5.69 Å². The van der Waals surface area contributed by atoms with Crippen molar-refractivity contribution in [3.05, 3.63) is 65.9 Å². The standard InChI is InChI=1S/C19H16N2O3/c1-20-18(22)15-10-12-6-2-4-8-14(12)21(15)19(23)17-11-13-7-3-5-9-16(13)24-17/h2-9,11,15H,10H2,1H3,(H,20,22). The monoisotopic (exact) mass is 320 g/mol. The van der Waals surface area contributed by atoms with Crippen molar-refractivity contribution in [3.8, 4) is 0 Å². The highest BCUT2D eigenvalue weighted by molar-refractivity contribution is 6.11. The van der Waals surface area contributed by atoms with E-state index in [0.717, 1.165) is 16.6 Å². The number of hydrogen-bond donors (Lipinski definition) is 1. The molecule has 4 rings (SSSR count). The molecule has 0 spiro atoms. The largest absolute Gasteiger partial charge is 0.451 e. The lowest BCUT2D eigenvalue weighted by Gasteiger charge is -2.23. The van der Waals surface area contributed by atoms with Crippen molar-refractivity contribution >= 4 is 28.5 Å². The van der Waals surface area contributed by atoms with E-state index in [1.54, 1.807) is 13.1 Å². The van der Waals surface area contributed by atoms with Crippen LogP contribution in [0.2, 0.25) is 0 Å². The number of para-hydroxylation sites is 2. The fourth-order valence-electron chi connectivity index (χ4n) is 3.22. The van der Waals surface area contributed by atoms with E-state index in [1.165, 1.54) is 4.90 Å². The molecule has 5 nitrogen and oxygen atoms in total.